The number of nitrogens with zero attached hydrogens (tertiary/aromatic N) is 8. The van der Waals surface area contributed by atoms with Crippen LogP contribution in [0.4, 0.5) is 5.82 Å². The van der Waals surface area contributed by atoms with Gasteiger partial charge in [-0.2, -0.15) is 0 Å². The normalized spacial score (nSPS) is 20.1. The summed E-state index contributed by atoms with van der Waals surface area (Å²) in [5.74, 6) is 3.97. The Labute approximate surface area is 182 Å². The number of nitrogens with one attached hydrogen (secondary N) is 1. The maximum absolute atomic E-state index is 5.72. The van der Waals surface area contributed by atoms with Crippen molar-refractivity contribution in [2.45, 2.75) is 38.8 Å². The molecule has 0 spiro atoms. The summed E-state index contributed by atoms with van der Waals surface area (Å²) in [5, 5.41) is 11.6. The van der Waals surface area contributed by atoms with E-state index in [9.17, 15) is 0 Å². The van der Waals surface area contributed by atoms with E-state index in [0.29, 0.717) is 12.4 Å². The number of aromatic nitrogens is 8. The third-order valence-electron chi connectivity index (χ3n) is 5.86. The molecule has 4 aromatic heterocycles. The van der Waals surface area contributed by atoms with Gasteiger partial charge in [-0.3, -0.25) is 4.57 Å². The zero-order valence-electron chi connectivity index (χ0n) is 17.2. The van der Waals surface area contributed by atoms with Gasteiger partial charge in [-0.05, 0) is 19.8 Å². The number of hydrogen-bond donors (Lipinski definition) is 1. The molecule has 0 aromatic carbocycles. The second-order valence-electron chi connectivity index (χ2n) is 7.67. The van der Waals surface area contributed by atoms with Crippen molar-refractivity contribution >= 4 is 17.2 Å². The predicted octanol–water partition coefficient (Wildman–Crippen LogP) is 2.94. The number of hydrogen-bond acceptors (Lipinski definition) is 9. The van der Waals surface area contributed by atoms with E-state index in [1.807, 2.05) is 18.5 Å². The molecule has 4 aromatic rings. The highest BCUT2D eigenvalue weighted by atomic mass is 32.1. The molecule has 0 bridgehead atoms. The Balaban J connectivity index is 1.49. The van der Waals surface area contributed by atoms with E-state index >= 15 is 0 Å². The maximum atomic E-state index is 5.72. The van der Waals surface area contributed by atoms with Gasteiger partial charge in [0.1, 0.15) is 17.2 Å². The summed E-state index contributed by atoms with van der Waals surface area (Å²) in [7, 11) is 0. The first-order valence-corrected chi connectivity index (χ1v) is 11.2. The van der Waals surface area contributed by atoms with E-state index in [0.717, 1.165) is 59.1 Å². The van der Waals surface area contributed by atoms with E-state index in [1.165, 1.54) is 11.3 Å². The zero-order chi connectivity index (χ0) is 20.9. The van der Waals surface area contributed by atoms with Gasteiger partial charge in [-0.15, -0.1) is 21.5 Å². The molecule has 0 radical (unpaired) electrons. The molecular weight excluding hydrogens is 414 g/mol. The summed E-state index contributed by atoms with van der Waals surface area (Å²) in [5.41, 5.74) is 1.66. The molecule has 2 atom stereocenters. The Bertz CT molecular complexity index is 1230. The number of imidazole rings is 1. The van der Waals surface area contributed by atoms with Crippen LogP contribution < -0.4 is 4.90 Å². The lowest BCUT2D eigenvalue weighted by molar-refractivity contribution is 0.191. The number of rotatable bonds is 4. The fraction of sp³-hybridized carbons (Fsp3) is 0.400. The number of ether oxygens (including phenoxy) is 1. The molecule has 1 fully saturated rings. The summed E-state index contributed by atoms with van der Waals surface area (Å²) in [6.45, 7) is 5.57. The Kier molecular flexibility index (Phi) is 4.32. The Morgan fingerprint density at radius 3 is 2.94 bits per heavy atom. The molecule has 31 heavy (non-hydrogen) atoms. The predicted molar refractivity (Wildman–Crippen MR) is 115 cm³/mol. The summed E-state index contributed by atoms with van der Waals surface area (Å²) in [6.07, 6.45) is 7.24. The van der Waals surface area contributed by atoms with Crippen LogP contribution in [0.2, 0.25) is 0 Å². The van der Waals surface area contributed by atoms with Crippen molar-refractivity contribution in [2.24, 2.45) is 0 Å². The second kappa shape index (κ2) is 7.20. The molecule has 11 heteroatoms. The van der Waals surface area contributed by atoms with Crippen molar-refractivity contribution in [2.75, 3.05) is 18.1 Å². The second-order valence-corrected chi connectivity index (χ2v) is 8.57. The fourth-order valence-electron chi connectivity index (χ4n) is 4.44. The molecule has 0 aliphatic carbocycles. The van der Waals surface area contributed by atoms with Crippen LogP contribution in [0.5, 0.6) is 0 Å². The van der Waals surface area contributed by atoms with Gasteiger partial charge in [0.25, 0.3) is 0 Å². The molecule has 1 N–H and O–H groups in total. The first-order chi connectivity index (χ1) is 15.2. The van der Waals surface area contributed by atoms with Gasteiger partial charge in [-0.25, -0.2) is 19.9 Å². The molecule has 158 valence electrons. The van der Waals surface area contributed by atoms with Crippen molar-refractivity contribution in [1.29, 1.82) is 0 Å². The average Bonchev–Trinajstić information content (AvgIpc) is 3.59. The molecule has 1 saturated heterocycles. The van der Waals surface area contributed by atoms with Crippen LogP contribution in [0.3, 0.4) is 0 Å². The SMILES string of the molecule is CC[C@@H]1c2nnc(C)n2-c2cnc(-c3cnc(-c4nccs4)[nH]3)nc2N1C1CCOC1. The quantitative estimate of drug-likeness (QED) is 0.521. The van der Waals surface area contributed by atoms with Crippen molar-refractivity contribution < 1.29 is 4.74 Å². The van der Waals surface area contributed by atoms with Gasteiger partial charge < -0.3 is 14.6 Å². The lowest BCUT2D eigenvalue weighted by Crippen LogP contribution is -2.43. The average molecular weight is 436 g/mol. The number of H-pyrrole nitrogens is 1. The van der Waals surface area contributed by atoms with E-state index in [4.69, 9.17) is 9.72 Å². The number of aryl methyl sites for hydroxylation is 1. The van der Waals surface area contributed by atoms with Crippen molar-refractivity contribution in [3.8, 4) is 28.0 Å². The number of fused-ring (bicyclic) bond motifs is 3. The van der Waals surface area contributed by atoms with Crippen LogP contribution in [-0.2, 0) is 4.74 Å². The van der Waals surface area contributed by atoms with E-state index < -0.39 is 0 Å². The van der Waals surface area contributed by atoms with Crippen LogP contribution >= 0.6 is 11.3 Å². The summed E-state index contributed by atoms with van der Waals surface area (Å²) >= 11 is 1.54. The maximum Gasteiger partial charge on any atom is 0.179 e. The lowest BCUT2D eigenvalue weighted by atomic mass is 10.0. The molecule has 6 heterocycles. The molecule has 0 saturated carbocycles. The van der Waals surface area contributed by atoms with Gasteiger partial charge >= 0.3 is 0 Å². The van der Waals surface area contributed by atoms with Crippen LogP contribution in [-0.4, -0.2) is 58.9 Å². The lowest BCUT2D eigenvalue weighted by Gasteiger charge is -2.40. The first-order valence-electron chi connectivity index (χ1n) is 10.3. The van der Waals surface area contributed by atoms with E-state index in [2.05, 4.69) is 46.5 Å². The van der Waals surface area contributed by atoms with Gasteiger partial charge in [0.05, 0.1) is 31.1 Å². The summed E-state index contributed by atoms with van der Waals surface area (Å²) in [6, 6.07) is 0.320. The largest absolute Gasteiger partial charge is 0.379 e. The molecule has 10 nitrogen and oxygen atoms in total. The van der Waals surface area contributed by atoms with E-state index in [-0.39, 0.29) is 12.1 Å². The highest BCUT2D eigenvalue weighted by Crippen LogP contribution is 2.41. The highest BCUT2D eigenvalue weighted by Gasteiger charge is 2.39. The Hall–Kier alpha value is -3.18. The van der Waals surface area contributed by atoms with Gasteiger partial charge in [-0.1, -0.05) is 6.92 Å². The minimum atomic E-state index is 0.0794. The van der Waals surface area contributed by atoms with Crippen molar-refractivity contribution in [3.05, 3.63) is 35.6 Å². The number of thiazole rings is 1. The molecule has 0 amide bonds. The van der Waals surface area contributed by atoms with Crippen LogP contribution in [0.15, 0.2) is 24.0 Å². The van der Waals surface area contributed by atoms with E-state index in [1.54, 1.807) is 12.4 Å². The van der Waals surface area contributed by atoms with Gasteiger partial charge in [0.15, 0.2) is 28.3 Å². The number of anilines is 1. The van der Waals surface area contributed by atoms with Crippen molar-refractivity contribution in [1.82, 2.24) is 39.7 Å². The van der Waals surface area contributed by atoms with Crippen LogP contribution in [0, 0.1) is 6.92 Å². The highest BCUT2D eigenvalue weighted by molar-refractivity contribution is 7.13. The monoisotopic (exact) mass is 435 g/mol. The Morgan fingerprint density at radius 2 is 2.16 bits per heavy atom. The third-order valence-corrected chi connectivity index (χ3v) is 6.64. The molecular formula is C20H21N9OS. The van der Waals surface area contributed by atoms with Gasteiger partial charge in [0.2, 0.25) is 0 Å². The molecule has 1 unspecified atom stereocenters. The zero-order valence-corrected chi connectivity index (χ0v) is 18.0. The molecule has 2 aliphatic heterocycles. The number of aromatic amines is 1. The summed E-state index contributed by atoms with van der Waals surface area (Å²) in [4.78, 5) is 24.1. The minimum absolute atomic E-state index is 0.0794. The molecule has 2 aliphatic rings. The van der Waals surface area contributed by atoms with Crippen molar-refractivity contribution in [3.63, 3.8) is 0 Å². The summed E-state index contributed by atoms with van der Waals surface area (Å²) < 4.78 is 7.80. The Morgan fingerprint density at radius 1 is 1.23 bits per heavy atom. The topological polar surface area (TPSA) is 111 Å². The first kappa shape index (κ1) is 18.6. The smallest absolute Gasteiger partial charge is 0.179 e. The fourth-order valence-corrected chi connectivity index (χ4v) is 5.03. The standard InChI is InChI=1S/C20H21N9OS/c1-3-14-19-27-26-11(2)28(19)15-9-23-16(25-18(15)29(14)12-4-6-30-10-12)13-8-22-17(24-13)20-21-5-7-31-20/h5,7-9,12,14H,3-4,6,10H2,1-2H3,(H,22,24)/t12?,14-/m1/s1. The minimum Gasteiger partial charge on any atom is -0.379 e. The molecule has 6 rings (SSSR count). The van der Waals surface area contributed by atoms with Crippen LogP contribution in [0.25, 0.3) is 28.0 Å². The van der Waals surface area contributed by atoms with Crippen LogP contribution in [0.1, 0.15) is 37.5 Å². The van der Waals surface area contributed by atoms with Gasteiger partial charge in [0, 0.05) is 18.2 Å². The third kappa shape index (κ3) is 2.87.